The van der Waals surface area contributed by atoms with Crippen LogP contribution in [-0.2, 0) is 6.54 Å². The lowest BCUT2D eigenvalue weighted by Gasteiger charge is -2.13. The molecule has 2 aromatic heterocycles. The number of hydrogen-bond donors (Lipinski definition) is 1. The molecule has 0 amide bonds. The summed E-state index contributed by atoms with van der Waals surface area (Å²) in [5.74, 6) is 0. The van der Waals surface area contributed by atoms with Gasteiger partial charge in [0.15, 0.2) is 0 Å². The predicted octanol–water partition coefficient (Wildman–Crippen LogP) is 3.31. The molecule has 18 heavy (non-hydrogen) atoms. The van der Waals surface area contributed by atoms with Crippen LogP contribution in [0.4, 0.5) is 0 Å². The summed E-state index contributed by atoms with van der Waals surface area (Å²) in [5, 5.41) is 4.62. The summed E-state index contributed by atoms with van der Waals surface area (Å²) in [5.41, 5.74) is 3.49. The number of nitrogens with zero attached hydrogens (tertiary/aromatic N) is 2. The van der Waals surface area contributed by atoms with Gasteiger partial charge < -0.3 is 5.32 Å². The highest BCUT2D eigenvalue weighted by Gasteiger charge is 2.13. The molecule has 2 aromatic rings. The molecule has 3 nitrogen and oxygen atoms in total. The van der Waals surface area contributed by atoms with Crippen LogP contribution in [0.2, 0.25) is 0 Å². The molecule has 1 unspecified atom stereocenters. The van der Waals surface area contributed by atoms with E-state index in [2.05, 4.69) is 49.0 Å². The Hall–Kier alpha value is -1.26. The van der Waals surface area contributed by atoms with Crippen LogP contribution in [0.15, 0.2) is 18.3 Å². The van der Waals surface area contributed by atoms with Crippen molar-refractivity contribution in [1.29, 1.82) is 0 Å². The summed E-state index contributed by atoms with van der Waals surface area (Å²) < 4.78 is 0. The highest BCUT2D eigenvalue weighted by molar-refractivity contribution is 7.11. The summed E-state index contributed by atoms with van der Waals surface area (Å²) in [7, 11) is 0. The largest absolute Gasteiger partial charge is 0.303 e. The Morgan fingerprint density at radius 1 is 1.33 bits per heavy atom. The molecule has 0 bridgehead atoms. The van der Waals surface area contributed by atoms with E-state index in [0.717, 1.165) is 22.9 Å². The van der Waals surface area contributed by atoms with E-state index in [4.69, 9.17) is 0 Å². The molecular weight excluding hydrogens is 242 g/mol. The van der Waals surface area contributed by atoms with Gasteiger partial charge in [0, 0.05) is 23.7 Å². The molecule has 96 valence electrons. The molecule has 0 fully saturated rings. The van der Waals surface area contributed by atoms with Crippen LogP contribution >= 0.6 is 11.3 Å². The van der Waals surface area contributed by atoms with Gasteiger partial charge in [-0.05, 0) is 39.3 Å². The second kappa shape index (κ2) is 5.59. The lowest BCUT2D eigenvalue weighted by atomic mass is 10.2. The van der Waals surface area contributed by atoms with E-state index in [0.29, 0.717) is 0 Å². The summed E-state index contributed by atoms with van der Waals surface area (Å²) in [4.78, 5) is 10.3. The van der Waals surface area contributed by atoms with E-state index in [1.165, 1.54) is 10.4 Å². The molecule has 0 aliphatic heterocycles. The molecule has 4 heteroatoms. The summed E-state index contributed by atoms with van der Waals surface area (Å²) in [6, 6.07) is 4.32. The zero-order valence-corrected chi connectivity index (χ0v) is 12.1. The summed E-state index contributed by atoms with van der Waals surface area (Å²) >= 11 is 1.76. The van der Waals surface area contributed by atoms with E-state index in [1.807, 2.05) is 12.3 Å². The second-order valence-electron chi connectivity index (χ2n) is 4.54. The van der Waals surface area contributed by atoms with E-state index >= 15 is 0 Å². The number of aryl methyl sites for hydroxylation is 3. The highest BCUT2D eigenvalue weighted by Crippen LogP contribution is 2.22. The maximum atomic E-state index is 4.58. The van der Waals surface area contributed by atoms with Crippen molar-refractivity contribution in [3.05, 3.63) is 45.2 Å². The van der Waals surface area contributed by atoms with Crippen LogP contribution in [0.5, 0.6) is 0 Å². The van der Waals surface area contributed by atoms with E-state index < -0.39 is 0 Å². The molecule has 1 atom stereocenters. The molecule has 2 rings (SSSR count). The smallest absolute Gasteiger partial charge is 0.0900 e. The quantitative estimate of drug-likeness (QED) is 0.917. The molecule has 0 saturated carbocycles. The van der Waals surface area contributed by atoms with Crippen LogP contribution in [-0.4, -0.2) is 9.97 Å². The Bertz CT molecular complexity index is 534. The minimum absolute atomic E-state index is 0.261. The first-order chi connectivity index (χ1) is 8.58. The maximum absolute atomic E-state index is 4.58. The first-order valence-electron chi connectivity index (χ1n) is 6.15. The SMILES string of the molecule is Cc1nc(C(C)NCc2ncccc2C)c(C)s1. The van der Waals surface area contributed by atoms with Crippen molar-refractivity contribution in [2.45, 2.75) is 40.3 Å². The van der Waals surface area contributed by atoms with Crippen LogP contribution in [0.3, 0.4) is 0 Å². The van der Waals surface area contributed by atoms with Gasteiger partial charge in [0.1, 0.15) is 0 Å². The van der Waals surface area contributed by atoms with Gasteiger partial charge in [-0.1, -0.05) is 6.07 Å². The lowest BCUT2D eigenvalue weighted by Crippen LogP contribution is -2.20. The standard InChI is InChI=1S/C14H19N3S/c1-9-6-5-7-15-13(9)8-16-10(2)14-11(3)18-12(4)17-14/h5-7,10,16H,8H2,1-4H3. The topological polar surface area (TPSA) is 37.8 Å². The van der Waals surface area contributed by atoms with Crippen molar-refractivity contribution in [3.63, 3.8) is 0 Å². The van der Waals surface area contributed by atoms with Gasteiger partial charge in [-0.25, -0.2) is 4.98 Å². The van der Waals surface area contributed by atoms with Gasteiger partial charge in [-0.15, -0.1) is 11.3 Å². The zero-order valence-electron chi connectivity index (χ0n) is 11.3. The van der Waals surface area contributed by atoms with Crippen molar-refractivity contribution in [1.82, 2.24) is 15.3 Å². The van der Waals surface area contributed by atoms with Crippen molar-refractivity contribution in [3.8, 4) is 0 Å². The van der Waals surface area contributed by atoms with E-state index in [9.17, 15) is 0 Å². The number of nitrogens with one attached hydrogen (secondary N) is 1. The van der Waals surface area contributed by atoms with Gasteiger partial charge in [0.2, 0.25) is 0 Å². The van der Waals surface area contributed by atoms with Gasteiger partial charge in [0.05, 0.1) is 16.4 Å². The molecule has 0 aliphatic carbocycles. The molecule has 0 spiro atoms. The van der Waals surface area contributed by atoms with Crippen LogP contribution in [0, 0.1) is 20.8 Å². The van der Waals surface area contributed by atoms with Gasteiger partial charge in [0.25, 0.3) is 0 Å². The monoisotopic (exact) mass is 261 g/mol. The molecule has 0 aromatic carbocycles. The van der Waals surface area contributed by atoms with Crippen LogP contribution in [0.1, 0.15) is 39.8 Å². The fourth-order valence-corrected chi connectivity index (χ4v) is 2.91. The maximum Gasteiger partial charge on any atom is 0.0900 e. The Balaban J connectivity index is 2.03. The van der Waals surface area contributed by atoms with Crippen molar-refractivity contribution < 1.29 is 0 Å². The Labute approximate surface area is 112 Å². The minimum atomic E-state index is 0.261. The lowest BCUT2D eigenvalue weighted by molar-refractivity contribution is 0.553. The summed E-state index contributed by atoms with van der Waals surface area (Å²) in [6.07, 6.45) is 1.84. The van der Waals surface area contributed by atoms with Crippen molar-refractivity contribution in [2.24, 2.45) is 0 Å². The average molecular weight is 261 g/mol. The Morgan fingerprint density at radius 2 is 2.11 bits per heavy atom. The molecule has 0 aliphatic rings. The third-order valence-corrected chi connectivity index (χ3v) is 3.95. The van der Waals surface area contributed by atoms with Crippen LogP contribution < -0.4 is 5.32 Å². The van der Waals surface area contributed by atoms with E-state index in [-0.39, 0.29) is 6.04 Å². The van der Waals surface area contributed by atoms with Gasteiger partial charge in [-0.2, -0.15) is 0 Å². The molecular formula is C14H19N3S. The van der Waals surface area contributed by atoms with Crippen molar-refractivity contribution in [2.75, 3.05) is 0 Å². The van der Waals surface area contributed by atoms with Crippen molar-refractivity contribution >= 4 is 11.3 Å². The fourth-order valence-electron chi connectivity index (χ4n) is 2.00. The summed E-state index contributed by atoms with van der Waals surface area (Å²) in [6.45, 7) is 9.21. The fraction of sp³-hybridized carbons (Fsp3) is 0.429. The third kappa shape index (κ3) is 2.94. The molecule has 0 saturated heterocycles. The number of thiazole rings is 1. The van der Waals surface area contributed by atoms with E-state index in [1.54, 1.807) is 11.3 Å². The Kier molecular flexibility index (Phi) is 4.09. The number of aromatic nitrogens is 2. The molecule has 1 N–H and O–H groups in total. The third-order valence-electron chi connectivity index (χ3n) is 3.04. The first kappa shape index (κ1) is 13.2. The number of rotatable bonds is 4. The predicted molar refractivity (Wildman–Crippen MR) is 75.8 cm³/mol. The first-order valence-corrected chi connectivity index (χ1v) is 6.97. The van der Waals surface area contributed by atoms with Gasteiger partial charge in [-0.3, -0.25) is 4.98 Å². The second-order valence-corrected chi connectivity index (χ2v) is 5.95. The van der Waals surface area contributed by atoms with Crippen LogP contribution in [0.25, 0.3) is 0 Å². The Morgan fingerprint density at radius 3 is 2.72 bits per heavy atom. The average Bonchev–Trinajstić information content (AvgIpc) is 2.67. The highest BCUT2D eigenvalue weighted by atomic mass is 32.1. The molecule has 2 heterocycles. The normalized spacial score (nSPS) is 12.7. The number of pyridine rings is 1. The number of hydrogen-bond acceptors (Lipinski definition) is 4. The zero-order chi connectivity index (χ0) is 13.1. The molecule has 0 radical (unpaired) electrons. The van der Waals surface area contributed by atoms with Gasteiger partial charge >= 0.3 is 0 Å². The minimum Gasteiger partial charge on any atom is -0.303 e.